The predicted molar refractivity (Wildman–Crippen MR) is 105 cm³/mol. The number of aryl methyl sites for hydroxylation is 1. The van der Waals surface area contributed by atoms with Gasteiger partial charge in [-0.1, -0.05) is 30.8 Å². The molecule has 24 heavy (non-hydrogen) atoms. The molecule has 0 saturated heterocycles. The van der Waals surface area contributed by atoms with Crippen molar-refractivity contribution in [3.8, 4) is 0 Å². The van der Waals surface area contributed by atoms with Crippen LogP contribution in [0.15, 0.2) is 51.8 Å². The van der Waals surface area contributed by atoms with E-state index in [0.717, 1.165) is 16.5 Å². The van der Waals surface area contributed by atoms with E-state index < -0.39 is 11.2 Å². The predicted octanol–water partition coefficient (Wildman–Crippen LogP) is 3.46. The maximum Gasteiger partial charge on any atom is 0.258 e. The maximum absolute atomic E-state index is 12.3. The van der Waals surface area contributed by atoms with Gasteiger partial charge in [-0.05, 0) is 36.5 Å². The van der Waals surface area contributed by atoms with Gasteiger partial charge in [-0.3, -0.25) is 4.79 Å². The minimum Gasteiger partial charge on any atom is -0.611 e. The molecule has 1 aromatic carbocycles. The molecule has 0 radical (unpaired) electrons. The molecule has 0 spiro atoms. The average molecular weight is 364 g/mol. The van der Waals surface area contributed by atoms with E-state index in [-0.39, 0.29) is 5.56 Å². The van der Waals surface area contributed by atoms with Gasteiger partial charge in [0.05, 0.1) is 12.9 Å². The lowest BCUT2D eigenvalue weighted by Gasteiger charge is -2.12. The highest BCUT2D eigenvalue weighted by Crippen LogP contribution is 2.27. The summed E-state index contributed by atoms with van der Waals surface area (Å²) in [6.07, 6.45) is 5.13. The zero-order valence-electron chi connectivity index (χ0n) is 14.0. The molecule has 1 aromatic heterocycles. The summed E-state index contributed by atoms with van der Waals surface area (Å²) < 4.78 is 19.5. The van der Waals surface area contributed by atoms with Crippen molar-refractivity contribution in [2.45, 2.75) is 13.8 Å². The summed E-state index contributed by atoms with van der Waals surface area (Å²) in [6.45, 7) is 4.25. The van der Waals surface area contributed by atoms with Gasteiger partial charge in [0.15, 0.2) is 4.24 Å². The monoisotopic (exact) mass is 363 g/mol. The quantitative estimate of drug-likeness (QED) is 0.370. The number of allylic oxidation sites excluding steroid dienone is 2. The molecule has 0 aliphatic carbocycles. The molecule has 2 aromatic rings. The van der Waals surface area contributed by atoms with Crippen LogP contribution >= 0.6 is 12.6 Å². The van der Waals surface area contributed by atoms with Crippen LogP contribution in [0.3, 0.4) is 0 Å². The Morgan fingerprint density at radius 1 is 1.33 bits per heavy atom. The van der Waals surface area contributed by atoms with Gasteiger partial charge in [-0.2, -0.15) is 0 Å². The molecule has 0 N–H and O–H groups in total. The van der Waals surface area contributed by atoms with Crippen molar-refractivity contribution in [1.29, 1.82) is 0 Å². The Morgan fingerprint density at radius 3 is 2.62 bits per heavy atom. The third-order valence-corrected chi connectivity index (χ3v) is 5.40. The average Bonchev–Trinajstić information content (AvgIpc) is 2.60. The molecule has 0 amide bonds. The summed E-state index contributed by atoms with van der Waals surface area (Å²) >= 11 is 3.20. The third kappa shape index (κ3) is 4.06. The number of rotatable bonds is 6. The van der Waals surface area contributed by atoms with Gasteiger partial charge in [0.25, 0.3) is 5.56 Å². The zero-order valence-corrected chi connectivity index (χ0v) is 15.7. The summed E-state index contributed by atoms with van der Waals surface area (Å²) in [6, 6.07) is 7.42. The van der Waals surface area contributed by atoms with Crippen molar-refractivity contribution >= 4 is 40.2 Å². The Balaban J connectivity index is 2.70. The first-order valence-electron chi connectivity index (χ1n) is 7.69. The van der Waals surface area contributed by atoms with Gasteiger partial charge >= 0.3 is 0 Å². The highest BCUT2D eigenvalue weighted by atomic mass is 32.2. The van der Waals surface area contributed by atoms with Crippen molar-refractivity contribution in [3.63, 3.8) is 0 Å². The van der Waals surface area contributed by atoms with E-state index in [9.17, 15) is 9.35 Å². The second kappa shape index (κ2) is 8.46. The molecule has 1 atom stereocenters. The second-order valence-electron chi connectivity index (χ2n) is 5.15. The molecule has 2 rings (SSSR count). The number of aromatic nitrogens is 1. The Morgan fingerprint density at radius 2 is 2.00 bits per heavy atom. The third-order valence-electron chi connectivity index (χ3n) is 3.55. The SMILES string of the molecule is CCO/C=C(/C=C(\S)[S+]([O-])CC)c1cn(C)c(=O)c2ccccc12. The van der Waals surface area contributed by atoms with E-state index in [4.69, 9.17) is 4.74 Å². The number of ether oxygens (including phenoxy) is 1. The van der Waals surface area contributed by atoms with Crippen LogP contribution in [0.2, 0.25) is 0 Å². The number of hydrogen-bond acceptors (Lipinski definition) is 4. The van der Waals surface area contributed by atoms with Crippen LogP contribution in [-0.4, -0.2) is 21.5 Å². The highest BCUT2D eigenvalue weighted by Gasteiger charge is 2.14. The molecular weight excluding hydrogens is 342 g/mol. The van der Waals surface area contributed by atoms with Crippen LogP contribution in [0.1, 0.15) is 19.4 Å². The topological polar surface area (TPSA) is 54.3 Å². The lowest BCUT2D eigenvalue weighted by Crippen LogP contribution is -2.17. The lowest BCUT2D eigenvalue weighted by molar-refractivity contribution is 0.271. The van der Waals surface area contributed by atoms with Gasteiger partial charge < -0.3 is 13.9 Å². The van der Waals surface area contributed by atoms with E-state index in [0.29, 0.717) is 22.0 Å². The minimum atomic E-state index is -1.15. The Labute approximate surface area is 150 Å². The molecule has 1 unspecified atom stereocenters. The van der Waals surface area contributed by atoms with Crippen molar-refractivity contribution in [2.24, 2.45) is 7.05 Å². The lowest BCUT2D eigenvalue weighted by atomic mass is 10.0. The smallest absolute Gasteiger partial charge is 0.258 e. The Bertz CT molecular complexity index is 840. The normalized spacial score (nSPS) is 14.0. The first-order chi connectivity index (χ1) is 11.5. The largest absolute Gasteiger partial charge is 0.611 e. The van der Waals surface area contributed by atoms with Gasteiger partial charge in [0, 0.05) is 35.8 Å². The van der Waals surface area contributed by atoms with Crippen LogP contribution in [0.25, 0.3) is 16.3 Å². The molecule has 0 aliphatic heterocycles. The maximum atomic E-state index is 12.3. The van der Waals surface area contributed by atoms with Gasteiger partial charge in [-0.25, -0.2) is 0 Å². The van der Waals surface area contributed by atoms with E-state index in [1.807, 2.05) is 32.0 Å². The fraction of sp³-hybridized carbons (Fsp3) is 0.278. The van der Waals surface area contributed by atoms with E-state index in [1.54, 1.807) is 36.2 Å². The summed E-state index contributed by atoms with van der Waals surface area (Å²) in [5, 5.41) is 1.46. The van der Waals surface area contributed by atoms with Gasteiger partial charge in [0.2, 0.25) is 0 Å². The Kier molecular flexibility index (Phi) is 6.60. The van der Waals surface area contributed by atoms with Crippen LogP contribution < -0.4 is 5.56 Å². The van der Waals surface area contributed by atoms with Crippen molar-refractivity contribution in [2.75, 3.05) is 12.4 Å². The van der Waals surface area contributed by atoms with Gasteiger partial charge in [0.1, 0.15) is 5.75 Å². The van der Waals surface area contributed by atoms with Crippen LogP contribution in [0.5, 0.6) is 0 Å². The van der Waals surface area contributed by atoms with Crippen molar-refractivity contribution < 1.29 is 9.29 Å². The minimum absolute atomic E-state index is 0.0580. The van der Waals surface area contributed by atoms with E-state index >= 15 is 0 Å². The number of benzene rings is 1. The molecule has 0 saturated carbocycles. The van der Waals surface area contributed by atoms with Crippen LogP contribution in [-0.2, 0) is 23.0 Å². The second-order valence-corrected chi connectivity index (χ2v) is 7.64. The molecule has 0 bridgehead atoms. The standard InChI is InChI=1S/C18H21NO3S2/c1-4-22-12-13(10-17(23)24(21)5-2)16-11-19(3)18(20)15-9-7-6-8-14(15)16/h6-12,23H,4-5H2,1-3H3/b13-12-,17-10+. The van der Waals surface area contributed by atoms with Crippen molar-refractivity contribution in [3.05, 3.63) is 63.0 Å². The number of nitrogens with zero attached hydrogens (tertiary/aromatic N) is 1. The van der Waals surface area contributed by atoms with Crippen LogP contribution in [0, 0.1) is 0 Å². The summed E-state index contributed by atoms with van der Waals surface area (Å²) in [5.41, 5.74) is 1.51. The number of fused-ring (bicyclic) bond motifs is 1. The van der Waals surface area contributed by atoms with Crippen molar-refractivity contribution in [1.82, 2.24) is 4.57 Å². The number of hydrogen-bond donors (Lipinski definition) is 1. The summed E-state index contributed by atoms with van der Waals surface area (Å²) in [7, 11) is 1.71. The molecule has 4 nitrogen and oxygen atoms in total. The number of pyridine rings is 1. The molecule has 0 aliphatic rings. The molecular formula is C18H21NO3S2. The molecule has 128 valence electrons. The van der Waals surface area contributed by atoms with Crippen LogP contribution in [0.4, 0.5) is 0 Å². The fourth-order valence-corrected chi connectivity index (χ4v) is 3.42. The van der Waals surface area contributed by atoms with E-state index in [1.165, 1.54) is 0 Å². The van der Waals surface area contributed by atoms with Gasteiger partial charge in [-0.15, -0.1) is 0 Å². The first kappa shape index (κ1) is 18.7. The summed E-state index contributed by atoms with van der Waals surface area (Å²) in [5.74, 6) is 0.491. The molecule has 6 heteroatoms. The first-order valence-corrected chi connectivity index (χ1v) is 9.45. The zero-order chi connectivity index (χ0) is 17.7. The molecule has 0 fully saturated rings. The summed E-state index contributed by atoms with van der Waals surface area (Å²) in [4.78, 5) is 12.3. The number of thiol groups is 1. The molecule has 1 heterocycles. The highest BCUT2D eigenvalue weighted by molar-refractivity contribution is 8.10. The van der Waals surface area contributed by atoms with E-state index in [2.05, 4.69) is 12.6 Å². The Hall–Kier alpha value is -1.63. The fourth-order valence-electron chi connectivity index (χ4n) is 2.34.